The molecule has 1 atom stereocenters. The second-order valence-electron chi connectivity index (χ2n) is 4.40. The number of phenols is 1. The summed E-state index contributed by atoms with van der Waals surface area (Å²) in [5.41, 5.74) is 7.89. The number of aliphatic carboxylic acids is 1. The maximum Gasteiger partial charge on any atom is 0.308 e. The van der Waals surface area contributed by atoms with Crippen LogP contribution in [0.2, 0.25) is 0 Å². The van der Waals surface area contributed by atoms with Gasteiger partial charge in [0.25, 0.3) is 0 Å². The molecule has 1 unspecified atom stereocenters. The summed E-state index contributed by atoms with van der Waals surface area (Å²) in [6.07, 6.45) is 0.362. The van der Waals surface area contributed by atoms with Crippen molar-refractivity contribution in [2.45, 2.75) is 27.2 Å². The number of aromatic hydroxyl groups is 1. The summed E-state index contributed by atoms with van der Waals surface area (Å²) in [6, 6.07) is 5.20. The number of H-pyrrole nitrogens is 1. The Morgan fingerprint density at radius 2 is 2.05 bits per heavy atom. The third kappa shape index (κ3) is 3.11. The molecule has 0 saturated carbocycles. The highest BCUT2D eigenvalue weighted by Crippen LogP contribution is 2.30. The van der Waals surface area contributed by atoms with Crippen molar-refractivity contribution in [3.63, 3.8) is 0 Å². The number of aromatic nitrogens is 1. The Bertz CT molecular complexity index is 590. The van der Waals surface area contributed by atoms with E-state index in [2.05, 4.69) is 4.98 Å². The normalized spacial score (nSPS) is 11.8. The molecule has 1 heterocycles. The molecular formula is C15H22N2O3. The van der Waals surface area contributed by atoms with Crippen molar-refractivity contribution >= 4 is 16.9 Å². The number of aryl methyl sites for hydroxylation is 1. The zero-order valence-corrected chi connectivity index (χ0v) is 12.1. The van der Waals surface area contributed by atoms with E-state index in [0.29, 0.717) is 11.9 Å². The Labute approximate surface area is 118 Å². The van der Waals surface area contributed by atoms with Crippen LogP contribution in [0, 0.1) is 12.8 Å². The van der Waals surface area contributed by atoms with E-state index < -0.39 is 11.9 Å². The molecule has 110 valence electrons. The summed E-state index contributed by atoms with van der Waals surface area (Å²) in [5, 5.41) is 19.6. The van der Waals surface area contributed by atoms with Gasteiger partial charge < -0.3 is 20.9 Å². The molecule has 5 N–H and O–H groups in total. The molecule has 0 fully saturated rings. The summed E-state index contributed by atoms with van der Waals surface area (Å²) in [7, 11) is 0. The number of carboxylic acid groups (broad SMARTS) is 1. The second kappa shape index (κ2) is 6.96. The Balaban J connectivity index is 0.000000956. The average molecular weight is 278 g/mol. The number of nitrogens with two attached hydrogens (primary N) is 1. The molecule has 1 aromatic carbocycles. The first-order chi connectivity index (χ1) is 9.54. The molecule has 0 aliphatic carbocycles. The van der Waals surface area contributed by atoms with E-state index in [-0.39, 0.29) is 12.3 Å². The molecule has 0 radical (unpaired) electrons. The molecule has 0 aliphatic rings. The van der Waals surface area contributed by atoms with E-state index in [1.54, 1.807) is 12.1 Å². The number of carboxylic acids is 1. The van der Waals surface area contributed by atoms with Crippen LogP contribution < -0.4 is 5.73 Å². The Kier molecular flexibility index (Phi) is 5.58. The van der Waals surface area contributed by atoms with E-state index in [1.807, 2.05) is 26.8 Å². The zero-order chi connectivity index (χ0) is 15.3. The summed E-state index contributed by atoms with van der Waals surface area (Å²) >= 11 is 0. The molecule has 2 rings (SSSR count). The van der Waals surface area contributed by atoms with Gasteiger partial charge in [0.15, 0.2) is 0 Å². The van der Waals surface area contributed by atoms with Gasteiger partial charge in [-0.05, 0) is 25.0 Å². The molecule has 5 heteroatoms. The maximum absolute atomic E-state index is 11.0. The van der Waals surface area contributed by atoms with Gasteiger partial charge >= 0.3 is 5.97 Å². The highest BCUT2D eigenvalue weighted by Gasteiger charge is 2.20. The van der Waals surface area contributed by atoms with Crippen molar-refractivity contribution in [2.75, 3.05) is 6.54 Å². The lowest BCUT2D eigenvalue weighted by molar-refractivity contribution is -0.141. The van der Waals surface area contributed by atoms with E-state index in [9.17, 15) is 9.90 Å². The largest absolute Gasteiger partial charge is 0.506 e. The number of fused-ring (bicyclic) bond motifs is 1. The highest BCUT2D eigenvalue weighted by atomic mass is 16.4. The number of nitrogens with one attached hydrogen (secondary N) is 1. The summed E-state index contributed by atoms with van der Waals surface area (Å²) in [6.45, 7) is 5.96. The molecule has 1 aromatic heterocycles. The number of phenolic OH excluding ortho intramolecular Hbond substituents is 1. The first-order valence-corrected chi connectivity index (χ1v) is 6.76. The number of rotatable bonds is 4. The lowest BCUT2D eigenvalue weighted by atomic mass is 9.97. The molecule has 0 spiro atoms. The minimum absolute atomic E-state index is 0.0975. The van der Waals surface area contributed by atoms with Gasteiger partial charge in [-0.3, -0.25) is 4.79 Å². The van der Waals surface area contributed by atoms with Crippen LogP contribution in [0.15, 0.2) is 18.2 Å². The third-order valence-electron chi connectivity index (χ3n) is 3.22. The summed E-state index contributed by atoms with van der Waals surface area (Å²) in [4.78, 5) is 14.1. The van der Waals surface area contributed by atoms with Crippen molar-refractivity contribution < 1.29 is 15.0 Å². The molecule has 20 heavy (non-hydrogen) atoms. The van der Waals surface area contributed by atoms with Crippen LogP contribution >= 0.6 is 0 Å². The summed E-state index contributed by atoms with van der Waals surface area (Å²) < 4.78 is 0. The first kappa shape index (κ1) is 16.0. The molecule has 5 nitrogen and oxygen atoms in total. The van der Waals surface area contributed by atoms with Gasteiger partial charge in [0.2, 0.25) is 0 Å². The van der Waals surface area contributed by atoms with E-state index in [1.165, 1.54) is 0 Å². The molecule has 0 saturated heterocycles. The Morgan fingerprint density at radius 3 is 2.60 bits per heavy atom. The minimum atomic E-state index is -0.897. The van der Waals surface area contributed by atoms with Gasteiger partial charge in [-0.2, -0.15) is 0 Å². The number of hydrogen-bond acceptors (Lipinski definition) is 3. The molecule has 2 aromatic rings. The van der Waals surface area contributed by atoms with Crippen molar-refractivity contribution in [1.29, 1.82) is 0 Å². The van der Waals surface area contributed by atoms with E-state index in [4.69, 9.17) is 10.8 Å². The SMILES string of the molecule is CC.Cc1[nH]c2c(O)cccc2c1CC(CN)C(=O)O. The minimum Gasteiger partial charge on any atom is -0.506 e. The fourth-order valence-electron chi connectivity index (χ4n) is 2.17. The van der Waals surface area contributed by atoms with Crippen LogP contribution in [-0.4, -0.2) is 27.7 Å². The van der Waals surface area contributed by atoms with Crippen LogP contribution in [-0.2, 0) is 11.2 Å². The van der Waals surface area contributed by atoms with Gasteiger partial charge in [-0.1, -0.05) is 26.0 Å². The van der Waals surface area contributed by atoms with Crippen LogP contribution in [0.25, 0.3) is 10.9 Å². The molecule has 0 amide bonds. The van der Waals surface area contributed by atoms with E-state index >= 15 is 0 Å². The number of aromatic amines is 1. The predicted octanol–water partition coefficient (Wildman–Crippen LogP) is 2.41. The monoisotopic (exact) mass is 278 g/mol. The summed E-state index contributed by atoms with van der Waals surface area (Å²) in [5.74, 6) is -1.34. The Morgan fingerprint density at radius 1 is 1.40 bits per heavy atom. The maximum atomic E-state index is 11.0. The quantitative estimate of drug-likeness (QED) is 0.690. The van der Waals surface area contributed by atoms with Gasteiger partial charge in [0, 0.05) is 17.6 Å². The first-order valence-electron chi connectivity index (χ1n) is 6.76. The molecular weight excluding hydrogens is 256 g/mol. The van der Waals surface area contributed by atoms with Crippen LogP contribution in [0.1, 0.15) is 25.1 Å². The Hall–Kier alpha value is -2.01. The molecule has 0 bridgehead atoms. The third-order valence-corrected chi connectivity index (χ3v) is 3.22. The fraction of sp³-hybridized carbons (Fsp3) is 0.400. The lowest BCUT2D eigenvalue weighted by Gasteiger charge is -2.09. The number of carbonyl (C=O) groups is 1. The topological polar surface area (TPSA) is 99.3 Å². The van der Waals surface area contributed by atoms with Crippen molar-refractivity contribution in [1.82, 2.24) is 4.98 Å². The molecule has 0 aliphatic heterocycles. The second-order valence-corrected chi connectivity index (χ2v) is 4.40. The van der Waals surface area contributed by atoms with Crippen molar-refractivity contribution in [3.8, 4) is 5.75 Å². The predicted molar refractivity (Wildman–Crippen MR) is 79.9 cm³/mol. The van der Waals surface area contributed by atoms with Gasteiger partial charge in [0.1, 0.15) is 5.75 Å². The zero-order valence-electron chi connectivity index (χ0n) is 12.1. The number of para-hydroxylation sites is 1. The van der Waals surface area contributed by atoms with Crippen molar-refractivity contribution in [2.24, 2.45) is 11.7 Å². The van der Waals surface area contributed by atoms with Gasteiger partial charge in [0.05, 0.1) is 11.4 Å². The van der Waals surface area contributed by atoms with Crippen LogP contribution in [0.3, 0.4) is 0 Å². The number of benzene rings is 1. The van der Waals surface area contributed by atoms with Crippen LogP contribution in [0.4, 0.5) is 0 Å². The van der Waals surface area contributed by atoms with E-state index in [0.717, 1.165) is 16.6 Å². The van der Waals surface area contributed by atoms with Crippen molar-refractivity contribution in [3.05, 3.63) is 29.5 Å². The van der Waals surface area contributed by atoms with Gasteiger partial charge in [-0.25, -0.2) is 0 Å². The van der Waals surface area contributed by atoms with Gasteiger partial charge in [-0.15, -0.1) is 0 Å². The standard InChI is InChI=1S/C13H16N2O3.C2H6/c1-7-10(5-8(6-14)13(17)18)9-3-2-4-11(16)12(9)15-7;1-2/h2-4,8,15-16H,5-6,14H2,1H3,(H,17,18);1-2H3. The fourth-order valence-corrected chi connectivity index (χ4v) is 2.17. The smallest absolute Gasteiger partial charge is 0.308 e. The van der Waals surface area contributed by atoms with Crippen LogP contribution in [0.5, 0.6) is 5.75 Å². The highest BCUT2D eigenvalue weighted by molar-refractivity contribution is 5.89. The number of hydrogen-bond donors (Lipinski definition) is 4. The lowest BCUT2D eigenvalue weighted by Crippen LogP contribution is -2.25. The average Bonchev–Trinajstić information content (AvgIpc) is 2.75.